The lowest BCUT2D eigenvalue weighted by molar-refractivity contribution is 0.0945. The van der Waals surface area contributed by atoms with Crippen LogP contribution in [0, 0.1) is 13.8 Å². The number of aromatic nitrogens is 1. The van der Waals surface area contributed by atoms with Crippen molar-refractivity contribution >= 4 is 39.6 Å². The number of thiophene rings is 1. The van der Waals surface area contributed by atoms with Gasteiger partial charge in [-0.1, -0.05) is 0 Å². The SMILES string of the molecule is Cc1cc(CNc2snc(N)c2C(=O)NC(C)C)sc1C. The van der Waals surface area contributed by atoms with Crippen LogP contribution in [0.5, 0.6) is 0 Å². The van der Waals surface area contributed by atoms with Crippen LogP contribution in [0.3, 0.4) is 0 Å². The average molecular weight is 324 g/mol. The third kappa shape index (κ3) is 3.74. The van der Waals surface area contributed by atoms with Crippen LogP contribution in [-0.2, 0) is 6.54 Å². The number of nitrogens with one attached hydrogen (secondary N) is 2. The number of nitrogens with two attached hydrogens (primary N) is 1. The van der Waals surface area contributed by atoms with Crippen LogP contribution in [0.25, 0.3) is 0 Å². The Balaban J connectivity index is 2.12. The van der Waals surface area contributed by atoms with Gasteiger partial charge in [0.2, 0.25) is 0 Å². The summed E-state index contributed by atoms with van der Waals surface area (Å²) in [5.74, 6) is 0.0940. The molecule has 114 valence electrons. The topological polar surface area (TPSA) is 80.0 Å². The lowest BCUT2D eigenvalue weighted by Gasteiger charge is -2.09. The quantitative estimate of drug-likeness (QED) is 0.789. The Morgan fingerprint density at radius 3 is 2.71 bits per heavy atom. The van der Waals surface area contributed by atoms with Gasteiger partial charge in [-0.2, -0.15) is 4.37 Å². The van der Waals surface area contributed by atoms with E-state index in [1.165, 1.54) is 26.9 Å². The number of nitrogen functional groups attached to an aromatic ring is 1. The monoisotopic (exact) mass is 324 g/mol. The Hall–Kier alpha value is -1.60. The molecule has 0 aliphatic rings. The van der Waals surface area contributed by atoms with E-state index in [0.717, 1.165) is 0 Å². The Morgan fingerprint density at radius 1 is 1.43 bits per heavy atom. The molecule has 2 aromatic heterocycles. The van der Waals surface area contributed by atoms with Gasteiger partial charge in [0, 0.05) is 15.8 Å². The summed E-state index contributed by atoms with van der Waals surface area (Å²) in [4.78, 5) is 14.7. The van der Waals surface area contributed by atoms with Gasteiger partial charge in [0.25, 0.3) is 5.91 Å². The molecule has 0 aliphatic carbocycles. The highest BCUT2D eigenvalue weighted by Crippen LogP contribution is 2.28. The Labute approximate surface area is 132 Å². The summed E-state index contributed by atoms with van der Waals surface area (Å²) in [5.41, 5.74) is 7.55. The largest absolute Gasteiger partial charge is 0.382 e. The van der Waals surface area contributed by atoms with Crippen molar-refractivity contribution in [2.75, 3.05) is 11.1 Å². The lowest BCUT2D eigenvalue weighted by Crippen LogP contribution is -2.30. The molecule has 0 unspecified atom stereocenters. The van der Waals surface area contributed by atoms with E-state index in [4.69, 9.17) is 5.73 Å². The van der Waals surface area contributed by atoms with Gasteiger partial charge in [-0.25, -0.2) is 0 Å². The van der Waals surface area contributed by atoms with Crippen LogP contribution in [0.2, 0.25) is 0 Å². The molecular formula is C14H20N4OS2. The minimum absolute atomic E-state index is 0.0623. The van der Waals surface area contributed by atoms with Crippen LogP contribution in [-0.4, -0.2) is 16.3 Å². The smallest absolute Gasteiger partial charge is 0.258 e. The molecule has 0 bridgehead atoms. The van der Waals surface area contributed by atoms with Crippen LogP contribution >= 0.6 is 22.9 Å². The zero-order valence-corrected chi connectivity index (χ0v) is 14.2. The van der Waals surface area contributed by atoms with Crippen molar-refractivity contribution in [2.24, 2.45) is 0 Å². The molecular weight excluding hydrogens is 304 g/mol. The fraction of sp³-hybridized carbons (Fsp3) is 0.429. The number of aryl methyl sites for hydroxylation is 2. The number of nitrogens with zero attached hydrogens (tertiary/aromatic N) is 1. The summed E-state index contributed by atoms with van der Waals surface area (Å²) in [6.07, 6.45) is 0. The number of hydrogen-bond donors (Lipinski definition) is 3. The third-order valence-corrected chi connectivity index (χ3v) is 4.98. The van der Waals surface area contributed by atoms with E-state index in [9.17, 15) is 4.79 Å². The van der Waals surface area contributed by atoms with Gasteiger partial charge in [-0.3, -0.25) is 4.79 Å². The standard InChI is InChI=1S/C14H20N4OS2/c1-7(2)17-13(19)11-12(15)18-21-14(11)16-6-10-5-8(3)9(4)20-10/h5,7,16H,6H2,1-4H3,(H2,15,18)(H,17,19). The molecule has 2 heterocycles. The maximum Gasteiger partial charge on any atom is 0.258 e. The first-order valence-corrected chi connectivity index (χ1v) is 8.33. The molecule has 0 spiro atoms. The molecule has 2 aromatic rings. The van der Waals surface area contributed by atoms with E-state index >= 15 is 0 Å². The van der Waals surface area contributed by atoms with Gasteiger partial charge < -0.3 is 16.4 Å². The van der Waals surface area contributed by atoms with Crippen molar-refractivity contribution in [3.63, 3.8) is 0 Å². The number of carbonyl (C=O) groups is 1. The van der Waals surface area contributed by atoms with E-state index in [1.807, 2.05) is 13.8 Å². The highest BCUT2D eigenvalue weighted by molar-refractivity contribution is 7.12. The minimum Gasteiger partial charge on any atom is -0.382 e. The van der Waals surface area contributed by atoms with Crippen molar-refractivity contribution in [1.82, 2.24) is 9.69 Å². The Kier molecular flexibility index (Phi) is 4.84. The van der Waals surface area contributed by atoms with E-state index in [1.54, 1.807) is 11.3 Å². The molecule has 1 amide bonds. The zero-order chi connectivity index (χ0) is 15.6. The molecule has 21 heavy (non-hydrogen) atoms. The van der Waals surface area contributed by atoms with Crippen LogP contribution in [0.1, 0.15) is 39.5 Å². The molecule has 5 nitrogen and oxygen atoms in total. The van der Waals surface area contributed by atoms with Gasteiger partial charge in [0.05, 0.1) is 6.54 Å². The van der Waals surface area contributed by atoms with E-state index in [2.05, 4.69) is 34.9 Å². The molecule has 0 atom stereocenters. The van der Waals surface area contributed by atoms with Crippen LogP contribution in [0.4, 0.5) is 10.8 Å². The number of anilines is 2. The first-order chi connectivity index (χ1) is 9.88. The number of carbonyl (C=O) groups excluding carboxylic acids is 1. The maximum absolute atomic E-state index is 12.2. The van der Waals surface area contributed by atoms with Crippen LogP contribution < -0.4 is 16.4 Å². The lowest BCUT2D eigenvalue weighted by atomic mass is 10.2. The molecule has 0 saturated heterocycles. The molecule has 0 aliphatic heterocycles. The van der Waals surface area contributed by atoms with Gasteiger partial charge in [0.15, 0.2) is 5.82 Å². The van der Waals surface area contributed by atoms with E-state index in [-0.39, 0.29) is 17.8 Å². The highest BCUT2D eigenvalue weighted by atomic mass is 32.1. The second-order valence-corrected chi connectivity index (χ2v) is 7.32. The Morgan fingerprint density at radius 2 is 2.14 bits per heavy atom. The number of hydrogen-bond acceptors (Lipinski definition) is 6. The molecule has 0 aromatic carbocycles. The fourth-order valence-electron chi connectivity index (χ4n) is 1.88. The predicted molar refractivity (Wildman–Crippen MR) is 90.2 cm³/mol. The number of rotatable bonds is 5. The van der Waals surface area contributed by atoms with Crippen molar-refractivity contribution in [3.05, 3.63) is 26.9 Å². The maximum atomic E-state index is 12.2. The molecule has 7 heteroatoms. The van der Waals surface area contributed by atoms with Crippen LogP contribution in [0.15, 0.2) is 6.07 Å². The summed E-state index contributed by atoms with van der Waals surface area (Å²) in [6, 6.07) is 2.22. The molecule has 0 fully saturated rings. The van der Waals surface area contributed by atoms with Crippen molar-refractivity contribution < 1.29 is 4.79 Å². The predicted octanol–water partition coefficient (Wildman–Crippen LogP) is 3.15. The highest BCUT2D eigenvalue weighted by Gasteiger charge is 2.19. The van der Waals surface area contributed by atoms with Crippen molar-refractivity contribution in [2.45, 2.75) is 40.3 Å². The average Bonchev–Trinajstić information content (AvgIpc) is 2.90. The number of amides is 1. The Bertz CT molecular complexity index is 626. The molecule has 4 N–H and O–H groups in total. The fourth-order valence-corrected chi connectivity index (χ4v) is 3.58. The van der Waals surface area contributed by atoms with Gasteiger partial charge in [-0.05, 0) is 50.9 Å². The normalized spacial score (nSPS) is 10.9. The summed E-state index contributed by atoms with van der Waals surface area (Å²) in [6.45, 7) is 8.70. The van der Waals surface area contributed by atoms with E-state index in [0.29, 0.717) is 17.1 Å². The second kappa shape index (κ2) is 6.44. The van der Waals surface area contributed by atoms with Crippen molar-refractivity contribution in [1.29, 1.82) is 0 Å². The van der Waals surface area contributed by atoms with Crippen molar-refractivity contribution in [3.8, 4) is 0 Å². The first-order valence-electron chi connectivity index (χ1n) is 6.74. The summed E-state index contributed by atoms with van der Waals surface area (Å²) in [7, 11) is 0. The summed E-state index contributed by atoms with van der Waals surface area (Å²) < 4.78 is 4.08. The van der Waals surface area contributed by atoms with E-state index < -0.39 is 0 Å². The third-order valence-electron chi connectivity index (χ3n) is 3.01. The molecule has 0 radical (unpaired) electrons. The summed E-state index contributed by atoms with van der Waals surface area (Å²) >= 11 is 2.97. The van der Waals surface area contributed by atoms with Gasteiger partial charge >= 0.3 is 0 Å². The zero-order valence-electron chi connectivity index (χ0n) is 12.6. The second-order valence-electron chi connectivity index (χ2n) is 5.21. The van der Waals surface area contributed by atoms with Gasteiger partial charge in [0.1, 0.15) is 10.6 Å². The first kappa shape index (κ1) is 15.8. The minimum atomic E-state index is -0.183. The molecule has 0 saturated carbocycles. The van der Waals surface area contributed by atoms with Gasteiger partial charge in [-0.15, -0.1) is 11.3 Å². The molecule has 2 rings (SSSR count). The summed E-state index contributed by atoms with van der Waals surface area (Å²) in [5, 5.41) is 6.84.